The molecule has 0 aromatic carbocycles. The summed E-state index contributed by atoms with van der Waals surface area (Å²) in [5.74, 6) is 0.0337. The van der Waals surface area contributed by atoms with Gasteiger partial charge in [-0.3, -0.25) is 9.78 Å². The van der Waals surface area contributed by atoms with Gasteiger partial charge in [0.15, 0.2) is 9.84 Å². The van der Waals surface area contributed by atoms with E-state index in [0.717, 1.165) is 11.3 Å². The maximum Gasteiger partial charge on any atom is 0.227 e. The topological polar surface area (TPSA) is 67.3 Å². The average molecular weight is 296 g/mol. The molecular formula is C14H20N2O3S. The molecule has 1 amide bonds. The fourth-order valence-electron chi connectivity index (χ4n) is 2.21. The zero-order valence-electron chi connectivity index (χ0n) is 11.9. The van der Waals surface area contributed by atoms with Gasteiger partial charge in [-0.1, -0.05) is 6.07 Å². The third kappa shape index (κ3) is 3.56. The van der Waals surface area contributed by atoms with Gasteiger partial charge in [-0.05, 0) is 31.9 Å². The van der Waals surface area contributed by atoms with Gasteiger partial charge in [-0.25, -0.2) is 8.42 Å². The van der Waals surface area contributed by atoms with Crippen LogP contribution in [-0.2, 0) is 21.1 Å². The van der Waals surface area contributed by atoms with Crippen molar-refractivity contribution < 1.29 is 13.2 Å². The van der Waals surface area contributed by atoms with Crippen molar-refractivity contribution in [3.8, 4) is 0 Å². The van der Waals surface area contributed by atoms with Crippen LogP contribution < -0.4 is 0 Å². The van der Waals surface area contributed by atoms with Crippen LogP contribution in [0.1, 0.15) is 24.6 Å². The summed E-state index contributed by atoms with van der Waals surface area (Å²) < 4.78 is 23.6. The van der Waals surface area contributed by atoms with E-state index in [1.165, 1.54) is 0 Å². The smallest absolute Gasteiger partial charge is 0.227 e. The van der Waals surface area contributed by atoms with E-state index in [1.807, 2.05) is 19.1 Å². The Balaban J connectivity index is 2.01. The molecule has 20 heavy (non-hydrogen) atoms. The van der Waals surface area contributed by atoms with Gasteiger partial charge in [0.05, 0.1) is 17.4 Å². The molecule has 1 aliphatic heterocycles. The third-order valence-electron chi connectivity index (χ3n) is 3.74. The lowest BCUT2D eigenvalue weighted by molar-refractivity contribution is -0.130. The number of carbonyl (C=O) groups excluding carboxylic acids is 1. The number of hydrogen-bond donors (Lipinski definition) is 0. The van der Waals surface area contributed by atoms with Crippen LogP contribution in [0.4, 0.5) is 0 Å². The van der Waals surface area contributed by atoms with Gasteiger partial charge in [0, 0.05) is 25.0 Å². The number of nitrogens with zero attached hydrogens (tertiary/aromatic N) is 2. The Hall–Kier alpha value is -1.43. The molecule has 1 atom stereocenters. The van der Waals surface area contributed by atoms with Gasteiger partial charge >= 0.3 is 0 Å². The number of carbonyl (C=O) groups is 1. The van der Waals surface area contributed by atoms with E-state index >= 15 is 0 Å². The summed E-state index contributed by atoms with van der Waals surface area (Å²) in [5, 5.41) is -0.360. The zero-order valence-corrected chi connectivity index (χ0v) is 12.7. The van der Waals surface area contributed by atoms with E-state index in [2.05, 4.69) is 4.98 Å². The molecule has 0 radical (unpaired) electrons. The van der Waals surface area contributed by atoms with Crippen molar-refractivity contribution in [2.45, 2.75) is 31.9 Å². The molecule has 110 valence electrons. The first-order valence-electron chi connectivity index (χ1n) is 6.79. The molecule has 1 fully saturated rings. The highest BCUT2D eigenvalue weighted by atomic mass is 32.2. The van der Waals surface area contributed by atoms with Crippen molar-refractivity contribution in [1.29, 1.82) is 0 Å². The van der Waals surface area contributed by atoms with Crippen molar-refractivity contribution in [1.82, 2.24) is 9.88 Å². The fourth-order valence-corrected chi connectivity index (χ4v) is 3.55. The lowest BCUT2D eigenvalue weighted by Gasteiger charge is -2.19. The zero-order chi connectivity index (χ0) is 14.8. The highest BCUT2D eigenvalue weighted by Gasteiger charge is 2.28. The molecule has 1 aromatic heterocycles. The molecule has 1 saturated heterocycles. The number of aromatic nitrogens is 1. The van der Waals surface area contributed by atoms with Crippen molar-refractivity contribution >= 4 is 15.7 Å². The first kappa shape index (κ1) is 15.0. The first-order chi connectivity index (χ1) is 9.38. The quantitative estimate of drug-likeness (QED) is 0.815. The van der Waals surface area contributed by atoms with E-state index < -0.39 is 9.84 Å². The standard InChI is InChI=1S/C14H20N2O3S/c1-11-3-4-13(10-15-11)9-14(17)16-6-5-12(2)20(18,19)8-7-16/h3-4,10,12H,5-9H2,1-2H3/t12-/m0/s1. The summed E-state index contributed by atoms with van der Waals surface area (Å²) in [6.07, 6.45) is 2.49. The minimum atomic E-state index is -3.05. The van der Waals surface area contributed by atoms with E-state index in [9.17, 15) is 13.2 Å². The number of pyridine rings is 1. The van der Waals surface area contributed by atoms with Gasteiger partial charge in [0.25, 0.3) is 0 Å². The third-order valence-corrected chi connectivity index (χ3v) is 5.96. The molecule has 1 aliphatic rings. The molecule has 0 spiro atoms. The molecular weight excluding hydrogens is 276 g/mol. The summed E-state index contributed by atoms with van der Waals surface area (Å²) in [7, 11) is -3.05. The van der Waals surface area contributed by atoms with Crippen LogP contribution in [0.25, 0.3) is 0 Å². The number of rotatable bonds is 2. The lowest BCUT2D eigenvalue weighted by Crippen LogP contribution is -2.34. The van der Waals surface area contributed by atoms with Crippen LogP contribution in [0.15, 0.2) is 18.3 Å². The maximum atomic E-state index is 12.2. The Kier molecular flexibility index (Phi) is 4.42. The predicted octanol–water partition coefficient (Wildman–Crippen LogP) is 0.968. The molecule has 0 unspecified atom stereocenters. The first-order valence-corrected chi connectivity index (χ1v) is 8.51. The van der Waals surface area contributed by atoms with Crippen LogP contribution in [0.2, 0.25) is 0 Å². The normalized spacial score (nSPS) is 22.3. The lowest BCUT2D eigenvalue weighted by atomic mass is 10.1. The summed E-state index contributed by atoms with van der Waals surface area (Å²) >= 11 is 0. The van der Waals surface area contributed by atoms with E-state index in [0.29, 0.717) is 19.5 Å². The van der Waals surface area contributed by atoms with E-state index in [4.69, 9.17) is 0 Å². The highest BCUT2D eigenvalue weighted by Crippen LogP contribution is 2.14. The summed E-state index contributed by atoms with van der Waals surface area (Å²) in [4.78, 5) is 18.0. The van der Waals surface area contributed by atoms with Gasteiger partial charge in [-0.2, -0.15) is 0 Å². The van der Waals surface area contributed by atoms with Crippen LogP contribution in [0.3, 0.4) is 0 Å². The Morgan fingerprint density at radius 1 is 1.40 bits per heavy atom. The summed E-state index contributed by atoms with van der Waals surface area (Å²) in [5.41, 5.74) is 1.77. The van der Waals surface area contributed by atoms with Gasteiger partial charge < -0.3 is 4.90 Å². The molecule has 0 saturated carbocycles. The average Bonchev–Trinajstić information content (AvgIpc) is 2.53. The van der Waals surface area contributed by atoms with Crippen molar-refractivity contribution in [3.63, 3.8) is 0 Å². The van der Waals surface area contributed by atoms with Gasteiger partial charge in [0.1, 0.15) is 0 Å². The maximum absolute atomic E-state index is 12.2. The number of sulfone groups is 1. The molecule has 0 N–H and O–H groups in total. The number of hydrogen-bond acceptors (Lipinski definition) is 4. The Bertz CT molecular complexity index is 581. The number of aryl methyl sites for hydroxylation is 1. The highest BCUT2D eigenvalue weighted by molar-refractivity contribution is 7.92. The molecule has 6 heteroatoms. The Morgan fingerprint density at radius 2 is 2.15 bits per heavy atom. The second-order valence-electron chi connectivity index (χ2n) is 5.33. The summed E-state index contributed by atoms with van der Waals surface area (Å²) in [6, 6.07) is 3.76. The van der Waals surface area contributed by atoms with Crippen LogP contribution in [0, 0.1) is 6.92 Å². The molecule has 0 bridgehead atoms. The van der Waals surface area contributed by atoms with Gasteiger partial charge in [0.2, 0.25) is 5.91 Å². The minimum absolute atomic E-state index is 0.0278. The molecule has 5 nitrogen and oxygen atoms in total. The molecule has 2 heterocycles. The fraction of sp³-hybridized carbons (Fsp3) is 0.571. The Morgan fingerprint density at radius 3 is 2.80 bits per heavy atom. The van der Waals surface area contributed by atoms with Crippen molar-refractivity contribution in [2.24, 2.45) is 0 Å². The van der Waals surface area contributed by atoms with Crippen LogP contribution in [0.5, 0.6) is 0 Å². The minimum Gasteiger partial charge on any atom is -0.341 e. The van der Waals surface area contributed by atoms with Crippen molar-refractivity contribution in [2.75, 3.05) is 18.8 Å². The number of amides is 1. The second-order valence-corrected chi connectivity index (χ2v) is 7.87. The second kappa shape index (κ2) is 5.91. The van der Waals surface area contributed by atoms with E-state index in [-0.39, 0.29) is 23.3 Å². The Labute approximate surface area is 119 Å². The monoisotopic (exact) mass is 296 g/mol. The van der Waals surface area contributed by atoms with Gasteiger partial charge in [-0.15, -0.1) is 0 Å². The van der Waals surface area contributed by atoms with Crippen molar-refractivity contribution in [3.05, 3.63) is 29.6 Å². The molecule has 1 aromatic rings. The van der Waals surface area contributed by atoms with Crippen LogP contribution in [-0.4, -0.2) is 48.3 Å². The largest absolute Gasteiger partial charge is 0.341 e. The van der Waals surface area contributed by atoms with Crippen LogP contribution >= 0.6 is 0 Å². The molecule has 0 aliphatic carbocycles. The van der Waals surface area contributed by atoms with E-state index in [1.54, 1.807) is 18.0 Å². The predicted molar refractivity (Wildman–Crippen MR) is 77.1 cm³/mol. The SMILES string of the molecule is Cc1ccc(CC(=O)N2CC[C@H](C)S(=O)(=O)CC2)cn1. The summed E-state index contributed by atoms with van der Waals surface area (Å²) in [6.45, 7) is 4.42. The molecule has 2 rings (SSSR count).